The van der Waals surface area contributed by atoms with Crippen molar-refractivity contribution >= 4 is 38.6 Å². The number of anilines is 1. The molecule has 0 fully saturated rings. The molecular formula is C21H16BrN3O2. The molecule has 0 saturated carbocycles. The summed E-state index contributed by atoms with van der Waals surface area (Å²) < 4.78 is 5.85. The predicted octanol–water partition coefficient (Wildman–Crippen LogP) is 5.47. The maximum absolute atomic E-state index is 12.5. The summed E-state index contributed by atoms with van der Waals surface area (Å²) in [5.41, 5.74) is 5.10. The summed E-state index contributed by atoms with van der Waals surface area (Å²) in [7, 11) is 0. The summed E-state index contributed by atoms with van der Waals surface area (Å²) in [6, 6.07) is 17.0. The Morgan fingerprint density at radius 1 is 1.11 bits per heavy atom. The highest BCUT2D eigenvalue weighted by Crippen LogP contribution is 2.26. The number of carbonyl (C=O) groups excluding carboxylic acids is 1. The lowest BCUT2D eigenvalue weighted by atomic mass is 10.0. The van der Waals surface area contributed by atoms with Crippen LogP contribution in [0.5, 0.6) is 0 Å². The van der Waals surface area contributed by atoms with Crippen LogP contribution in [0.1, 0.15) is 23.0 Å². The van der Waals surface area contributed by atoms with Gasteiger partial charge in [-0.25, -0.2) is 4.98 Å². The average molecular weight is 422 g/mol. The zero-order valence-electron chi connectivity index (χ0n) is 14.6. The molecule has 1 amide bonds. The summed E-state index contributed by atoms with van der Waals surface area (Å²) in [5, 5.41) is 2.94. The van der Waals surface area contributed by atoms with Gasteiger partial charge in [-0.2, -0.15) is 0 Å². The minimum atomic E-state index is -0.294. The average Bonchev–Trinajstić information content (AvgIpc) is 3.14. The zero-order valence-corrected chi connectivity index (χ0v) is 16.2. The van der Waals surface area contributed by atoms with Crippen LogP contribution in [0.3, 0.4) is 0 Å². The van der Waals surface area contributed by atoms with Crippen LogP contribution in [0, 0.1) is 0 Å². The second-order valence-corrected chi connectivity index (χ2v) is 6.81. The highest BCUT2D eigenvalue weighted by molar-refractivity contribution is 9.10. The van der Waals surface area contributed by atoms with Gasteiger partial charge in [-0.3, -0.25) is 9.78 Å². The third-order valence-corrected chi connectivity index (χ3v) is 4.71. The zero-order chi connectivity index (χ0) is 18.8. The number of aryl methyl sites for hydroxylation is 1. The second kappa shape index (κ2) is 7.32. The van der Waals surface area contributed by atoms with Crippen molar-refractivity contribution in [2.45, 2.75) is 13.3 Å². The van der Waals surface area contributed by atoms with Crippen LogP contribution in [0.15, 0.2) is 69.9 Å². The van der Waals surface area contributed by atoms with E-state index in [9.17, 15) is 4.79 Å². The largest absolute Gasteiger partial charge is 0.444 e. The van der Waals surface area contributed by atoms with Crippen molar-refractivity contribution in [2.24, 2.45) is 0 Å². The molecule has 0 bridgehead atoms. The smallest absolute Gasteiger partial charge is 0.291 e. The van der Waals surface area contributed by atoms with Crippen LogP contribution >= 0.6 is 15.9 Å². The van der Waals surface area contributed by atoms with Gasteiger partial charge in [0.25, 0.3) is 5.91 Å². The number of para-hydroxylation sites is 2. The number of carbonyl (C=O) groups is 1. The summed E-state index contributed by atoms with van der Waals surface area (Å²) >= 11 is 3.21. The number of rotatable bonds is 4. The van der Waals surface area contributed by atoms with E-state index in [1.807, 2.05) is 49.4 Å². The molecule has 0 atom stereocenters. The quantitative estimate of drug-likeness (QED) is 0.474. The van der Waals surface area contributed by atoms with Gasteiger partial charge in [0, 0.05) is 11.3 Å². The molecule has 2 heterocycles. The highest BCUT2D eigenvalue weighted by Gasteiger charge is 2.14. The van der Waals surface area contributed by atoms with E-state index >= 15 is 0 Å². The number of furan rings is 1. The Kier molecular flexibility index (Phi) is 4.73. The first kappa shape index (κ1) is 17.4. The molecule has 0 spiro atoms. The second-order valence-electron chi connectivity index (χ2n) is 6.03. The van der Waals surface area contributed by atoms with E-state index < -0.39 is 0 Å². The summed E-state index contributed by atoms with van der Waals surface area (Å²) in [4.78, 5) is 21.6. The van der Waals surface area contributed by atoms with Crippen molar-refractivity contribution in [3.05, 3.63) is 76.8 Å². The van der Waals surface area contributed by atoms with Crippen molar-refractivity contribution < 1.29 is 9.21 Å². The molecule has 1 N–H and O–H groups in total. The van der Waals surface area contributed by atoms with Crippen LogP contribution in [0.25, 0.3) is 22.3 Å². The molecule has 6 heteroatoms. The van der Waals surface area contributed by atoms with Gasteiger partial charge in [0.2, 0.25) is 0 Å². The fraction of sp³-hybridized carbons (Fsp3) is 0.0952. The van der Waals surface area contributed by atoms with Gasteiger partial charge >= 0.3 is 0 Å². The first-order chi connectivity index (χ1) is 13.1. The molecule has 0 saturated heterocycles. The normalized spacial score (nSPS) is 10.9. The van der Waals surface area contributed by atoms with E-state index in [0.717, 1.165) is 40.0 Å². The molecule has 0 aliphatic rings. The topological polar surface area (TPSA) is 68.0 Å². The van der Waals surface area contributed by atoms with Crippen molar-refractivity contribution in [3.63, 3.8) is 0 Å². The molecule has 0 aliphatic carbocycles. The Morgan fingerprint density at radius 3 is 2.67 bits per heavy atom. The predicted molar refractivity (Wildman–Crippen MR) is 109 cm³/mol. The van der Waals surface area contributed by atoms with E-state index in [4.69, 9.17) is 4.42 Å². The lowest BCUT2D eigenvalue weighted by Gasteiger charge is -2.11. The summed E-state index contributed by atoms with van der Waals surface area (Å²) in [6.07, 6.45) is 2.54. The molecule has 134 valence electrons. The van der Waals surface area contributed by atoms with Gasteiger partial charge in [0.15, 0.2) is 10.4 Å². The van der Waals surface area contributed by atoms with Crippen LogP contribution < -0.4 is 5.32 Å². The Morgan fingerprint density at radius 2 is 1.93 bits per heavy atom. The number of amides is 1. The van der Waals surface area contributed by atoms with Gasteiger partial charge in [-0.15, -0.1) is 0 Å². The Bertz CT molecular complexity index is 1140. The van der Waals surface area contributed by atoms with Crippen LogP contribution in [0.2, 0.25) is 0 Å². The van der Waals surface area contributed by atoms with Crippen LogP contribution in [-0.2, 0) is 6.42 Å². The third-order valence-electron chi connectivity index (χ3n) is 4.28. The van der Waals surface area contributed by atoms with Gasteiger partial charge in [-0.05, 0) is 58.2 Å². The Hall–Kier alpha value is -2.99. The number of hydrogen-bond donors (Lipinski definition) is 1. The molecular weight excluding hydrogens is 406 g/mol. The lowest BCUT2D eigenvalue weighted by molar-refractivity contribution is 0.0995. The third kappa shape index (κ3) is 3.61. The molecule has 2 aromatic carbocycles. The summed E-state index contributed by atoms with van der Waals surface area (Å²) in [5.74, 6) is -0.0445. The number of nitrogens with zero attached hydrogens (tertiary/aromatic N) is 2. The van der Waals surface area contributed by atoms with Crippen molar-refractivity contribution in [3.8, 4) is 11.3 Å². The SMILES string of the molecule is CCc1ccc(-c2cnc3ccccc3n2)cc1NC(=O)c1ccc(Br)o1. The van der Waals surface area contributed by atoms with Gasteiger partial charge in [0.1, 0.15) is 0 Å². The summed E-state index contributed by atoms with van der Waals surface area (Å²) in [6.45, 7) is 2.05. The van der Waals surface area contributed by atoms with Gasteiger partial charge in [-0.1, -0.05) is 31.2 Å². The first-order valence-electron chi connectivity index (χ1n) is 8.56. The van der Waals surface area contributed by atoms with Crippen LogP contribution in [-0.4, -0.2) is 15.9 Å². The monoisotopic (exact) mass is 421 g/mol. The van der Waals surface area contributed by atoms with Gasteiger partial charge in [0.05, 0.1) is 22.9 Å². The van der Waals surface area contributed by atoms with Crippen molar-refractivity contribution in [2.75, 3.05) is 5.32 Å². The molecule has 2 aromatic heterocycles. The van der Waals surface area contributed by atoms with Crippen molar-refractivity contribution in [1.29, 1.82) is 0 Å². The number of halogens is 1. The van der Waals surface area contributed by atoms with Crippen LogP contribution in [0.4, 0.5) is 5.69 Å². The van der Waals surface area contributed by atoms with E-state index in [1.165, 1.54) is 0 Å². The van der Waals surface area contributed by atoms with Gasteiger partial charge < -0.3 is 9.73 Å². The van der Waals surface area contributed by atoms with Crippen molar-refractivity contribution in [1.82, 2.24) is 9.97 Å². The molecule has 0 unspecified atom stereocenters. The lowest BCUT2D eigenvalue weighted by Crippen LogP contribution is -2.12. The number of fused-ring (bicyclic) bond motifs is 1. The maximum atomic E-state index is 12.5. The molecule has 0 aliphatic heterocycles. The maximum Gasteiger partial charge on any atom is 0.291 e. The van der Waals surface area contributed by atoms with E-state index in [-0.39, 0.29) is 11.7 Å². The van der Waals surface area contributed by atoms with E-state index in [2.05, 4.69) is 31.2 Å². The molecule has 5 nitrogen and oxygen atoms in total. The number of hydrogen-bond acceptors (Lipinski definition) is 4. The first-order valence-corrected chi connectivity index (χ1v) is 9.35. The highest BCUT2D eigenvalue weighted by atomic mass is 79.9. The minimum Gasteiger partial charge on any atom is -0.444 e. The Balaban J connectivity index is 1.70. The molecule has 4 aromatic rings. The number of aromatic nitrogens is 2. The molecule has 0 radical (unpaired) electrons. The molecule has 27 heavy (non-hydrogen) atoms. The fourth-order valence-corrected chi connectivity index (χ4v) is 3.18. The number of benzene rings is 2. The standard InChI is InChI=1S/C21H16BrN3O2/c1-2-13-7-8-14(18-12-23-15-5-3-4-6-16(15)24-18)11-17(13)25-21(26)19-9-10-20(22)27-19/h3-12H,2H2,1H3,(H,25,26). The van der Waals surface area contributed by atoms with E-state index in [0.29, 0.717) is 4.67 Å². The number of nitrogens with one attached hydrogen (secondary N) is 1. The Labute approximate surface area is 164 Å². The van der Waals surface area contributed by atoms with E-state index in [1.54, 1.807) is 18.3 Å². The minimum absolute atomic E-state index is 0.250. The molecule has 4 rings (SSSR count). The fourth-order valence-electron chi connectivity index (χ4n) is 2.88.